The predicted octanol–water partition coefficient (Wildman–Crippen LogP) is -0.0399. The second-order valence-electron chi connectivity index (χ2n) is 4.69. The topological polar surface area (TPSA) is 41.9 Å². The zero-order chi connectivity index (χ0) is 9.65. The van der Waals surface area contributed by atoms with E-state index in [1.54, 1.807) is 0 Å². The lowest BCUT2D eigenvalue weighted by molar-refractivity contribution is -0.148. The van der Waals surface area contributed by atoms with Crippen LogP contribution in [0.4, 0.5) is 0 Å². The maximum Gasteiger partial charge on any atom is 0.183 e. The summed E-state index contributed by atoms with van der Waals surface area (Å²) in [6.07, 6.45) is 3.12. The Morgan fingerprint density at radius 3 is 2.71 bits per heavy atom. The van der Waals surface area contributed by atoms with Crippen molar-refractivity contribution in [1.82, 2.24) is 4.90 Å². The Kier molecular flexibility index (Phi) is 1.89. The molecule has 0 aromatic rings. The number of nitrogens with zero attached hydrogens (tertiary/aromatic N) is 1. The van der Waals surface area contributed by atoms with E-state index in [1.807, 2.05) is 0 Å². The van der Waals surface area contributed by atoms with Gasteiger partial charge in [-0.15, -0.1) is 0 Å². The van der Waals surface area contributed by atoms with Crippen molar-refractivity contribution in [3.63, 3.8) is 0 Å². The zero-order valence-electron chi connectivity index (χ0n) is 8.37. The van der Waals surface area contributed by atoms with Crippen molar-refractivity contribution in [2.75, 3.05) is 32.9 Å². The molecule has 3 aliphatic heterocycles. The van der Waals surface area contributed by atoms with E-state index in [0.29, 0.717) is 13.2 Å². The summed E-state index contributed by atoms with van der Waals surface area (Å²) in [4.78, 5) is 2.35. The lowest BCUT2D eigenvalue weighted by Crippen LogP contribution is -2.41. The molecule has 4 nitrogen and oxygen atoms in total. The van der Waals surface area contributed by atoms with Crippen LogP contribution in [0, 0.1) is 0 Å². The summed E-state index contributed by atoms with van der Waals surface area (Å²) in [7, 11) is 0. The second kappa shape index (κ2) is 2.92. The van der Waals surface area contributed by atoms with Gasteiger partial charge in [0.05, 0.1) is 26.4 Å². The molecule has 0 amide bonds. The fourth-order valence-corrected chi connectivity index (χ4v) is 3.21. The molecule has 0 radical (unpaired) electrons. The van der Waals surface area contributed by atoms with E-state index in [-0.39, 0.29) is 17.9 Å². The van der Waals surface area contributed by atoms with Crippen molar-refractivity contribution in [3.8, 4) is 0 Å². The fourth-order valence-electron chi connectivity index (χ4n) is 3.21. The van der Waals surface area contributed by atoms with Crippen molar-refractivity contribution >= 4 is 0 Å². The average molecular weight is 199 g/mol. The van der Waals surface area contributed by atoms with Crippen LogP contribution in [-0.2, 0) is 9.47 Å². The Morgan fingerprint density at radius 2 is 2.07 bits per heavy atom. The lowest BCUT2D eigenvalue weighted by Gasteiger charge is -2.28. The van der Waals surface area contributed by atoms with Gasteiger partial charge < -0.3 is 14.6 Å². The normalized spacial score (nSPS) is 40.9. The van der Waals surface area contributed by atoms with Gasteiger partial charge in [0, 0.05) is 12.0 Å². The molecule has 3 fully saturated rings. The average Bonchev–Trinajstić information content (AvgIpc) is 2.81. The summed E-state index contributed by atoms with van der Waals surface area (Å²) in [5.74, 6) is -0.386. The van der Waals surface area contributed by atoms with E-state index in [1.165, 1.54) is 6.42 Å². The molecule has 4 heteroatoms. The Morgan fingerprint density at radius 1 is 1.29 bits per heavy atom. The molecule has 1 N–H and O–H groups in total. The maximum absolute atomic E-state index is 9.52. The minimum atomic E-state index is -0.386. The van der Waals surface area contributed by atoms with Crippen molar-refractivity contribution in [2.24, 2.45) is 0 Å². The number of aliphatic hydroxyl groups is 1. The van der Waals surface area contributed by atoms with Crippen molar-refractivity contribution in [1.29, 1.82) is 0 Å². The monoisotopic (exact) mass is 199 g/mol. The minimum Gasteiger partial charge on any atom is -0.394 e. The standard InChI is InChI=1S/C10H17NO3/c12-8-9-2-1-3-11(9)7-10(6-9)13-4-5-14-10/h12H,1-8H2. The van der Waals surface area contributed by atoms with Gasteiger partial charge in [-0.25, -0.2) is 0 Å². The van der Waals surface area contributed by atoms with Gasteiger partial charge in [-0.05, 0) is 19.4 Å². The number of aliphatic hydroxyl groups excluding tert-OH is 1. The Balaban J connectivity index is 1.85. The zero-order valence-corrected chi connectivity index (χ0v) is 8.37. The van der Waals surface area contributed by atoms with E-state index in [9.17, 15) is 5.11 Å². The quantitative estimate of drug-likeness (QED) is 0.643. The highest BCUT2D eigenvalue weighted by molar-refractivity contribution is 5.07. The third-order valence-electron chi connectivity index (χ3n) is 3.88. The van der Waals surface area contributed by atoms with Crippen molar-refractivity contribution < 1.29 is 14.6 Å². The Bertz CT molecular complexity index is 240. The summed E-state index contributed by atoms with van der Waals surface area (Å²) < 4.78 is 11.4. The smallest absolute Gasteiger partial charge is 0.183 e. The van der Waals surface area contributed by atoms with E-state index < -0.39 is 0 Å². The van der Waals surface area contributed by atoms with Gasteiger partial charge in [0.1, 0.15) is 0 Å². The third-order valence-corrected chi connectivity index (χ3v) is 3.88. The van der Waals surface area contributed by atoms with Gasteiger partial charge in [-0.1, -0.05) is 0 Å². The second-order valence-corrected chi connectivity index (χ2v) is 4.69. The van der Waals surface area contributed by atoms with Crippen LogP contribution in [0.1, 0.15) is 19.3 Å². The van der Waals surface area contributed by atoms with Gasteiger partial charge in [-0.3, -0.25) is 4.90 Å². The first kappa shape index (κ1) is 9.09. The molecule has 0 saturated carbocycles. The number of hydrogen-bond acceptors (Lipinski definition) is 4. The van der Waals surface area contributed by atoms with E-state index >= 15 is 0 Å². The number of ether oxygens (including phenoxy) is 2. The molecule has 0 aromatic carbocycles. The van der Waals surface area contributed by atoms with Crippen molar-refractivity contribution in [3.05, 3.63) is 0 Å². The number of rotatable bonds is 1. The summed E-state index contributed by atoms with van der Waals surface area (Å²) >= 11 is 0. The highest BCUT2D eigenvalue weighted by Crippen LogP contribution is 2.46. The molecule has 3 rings (SSSR count). The molecule has 80 valence electrons. The lowest BCUT2D eigenvalue weighted by atomic mass is 9.93. The van der Waals surface area contributed by atoms with Gasteiger partial charge in [0.25, 0.3) is 0 Å². The van der Waals surface area contributed by atoms with Crippen LogP contribution in [0.25, 0.3) is 0 Å². The molecular weight excluding hydrogens is 182 g/mol. The van der Waals surface area contributed by atoms with Gasteiger partial charge >= 0.3 is 0 Å². The highest BCUT2D eigenvalue weighted by atomic mass is 16.7. The molecular formula is C10H17NO3. The Hall–Kier alpha value is -0.160. The van der Waals surface area contributed by atoms with Crippen LogP contribution in [-0.4, -0.2) is 54.2 Å². The summed E-state index contributed by atoms with van der Waals surface area (Å²) in [6, 6.07) is 0. The Labute approximate surface area is 83.8 Å². The van der Waals surface area contributed by atoms with Gasteiger partial charge in [-0.2, -0.15) is 0 Å². The highest BCUT2D eigenvalue weighted by Gasteiger charge is 2.57. The van der Waals surface area contributed by atoms with Crippen LogP contribution >= 0.6 is 0 Å². The maximum atomic E-state index is 9.52. The number of fused-ring (bicyclic) bond motifs is 1. The predicted molar refractivity (Wildman–Crippen MR) is 49.9 cm³/mol. The van der Waals surface area contributed by atoms with Crippen LogP contribution in [0.5, 0.6) is 0 Å². The van der Waals surface area contributed by atoms with Gasteiger partial charge in [0.15, 0.2) is 5.79 Å². The van der Waals surface area contributed by atoms with Crippen LogP contribution in [0.15, 0.2) is 0 Å². The summed E-state index contributed by atoms with van der Waals surface area (Å²) in [6.45, 7) is 3.56. The van der Waals surface area contributed by atoms with Crippen LogP contribution in [0.3, 0.4) is 0 Å². The molecule has 3 heterocycles. The molecule has 14 heavy (non-hydrogen) atoms. The molecule has 1 spiro atoms. The van der Waals surface area contributed by atoms with Gasteiger partial charge in [0.2, 0.25) is 0 Å². The molecule has 0 bridgehead atoms. The molecule has 1 atom stereocenters. The van der Waals surface area contributed by atoms with E-state index in [2.05, 4.69) is 4.90 Å². The third kappa shape index (κ3) is 1.08. The summed E-state index contributed by atoms with van der Waals surface area (Å²) in [5, 5.41) is 9.52. The van der Waals surface area contributed by atoms with Crippen LogP contribution < -0.4 is 0 Å². The molecule has 3 saturated heterocycles. The van der Waals surface area contributed by atoms with Crippen LogP contribution in [0.2, 0.25) is 0 Å². The molecule has 0 aromatic heterocycles. The van der Waals surface area contributed by atoms with Crippen molar-refractivity contribution in [2.45, 2.75) is 30.6 Å². The van der Waals surface area contributed by atoms with E-state index in [4.69, 9.17) is 9.47 Å². The van der Waals surface area contributed by atoms with E-state index in [0.717, 1.165) is 25.9 Å². The number of hydrogen-bond donors (Lipinski definition) is 1. The largest absolute Gasteiger partial charge is 0.394 e. The molecule has 0 aliphatic carbocycles. The SMILES string of the molecule is OCC12CCCN1CC1(C2)OCCO1. The minimum absolute atomic E-state index is 0.0374. The first-order valence-corrected chi connectivity index (χ1v) is 5.43. The first-order chi connectivity index (χ1) is 6.79. The molecule has 3 aliphatic rings. The fraction of sp³-hybridized carbons (Fsp3) is 1.00. The summed E-state index contributed by atoms with van der Waals surface area (Å²) in [5.41, 5.74) is -0.0374. The molecule has 1 unspecified atom stereocenters. The first-order valence-electron chi connectivity index (χ1n) is 5.43.